The Morgan fingerprint density at radius 1 is 1.35 bits per heavy atom. The number of sulfonamides is 1. The van der Waals surface area contributed by atoms with Crippen LogP contribution in [0.25, 0.3) is 0 Å². The highest BCUT2D eigenvalue weighted by Crippen LogP contribution is 2.25. The van der Waals surface area contributed by atoms with Crippen LogP contribution >= 0.6 is 22.7 Å². The summed E-state index contributed by atoms with van der Waals surface area (Å²) in [6.45, 7) is 2.96. The third-order valence-electron chi connectivity index (χ3n) is 2.85. The van der Waals surface area contributed by atoms with Crippen LogP contribution in [-0.4, -0.2) is 22.0 Å². The lowest BCUT2D eigenvalue weighted by Gasteiger charge is -2.05. The molecule has 0 aromatic carbocycles. The Hall–Kier alpha value is -0.730. The van der Waals surface area contributed by atoms with E-state index in [9.17, 15) is 8.42 Å². The topological polar surface area (TPSA) is 58.2 Å². The maximum absolute atomic E-state index is 12.3. The van der Waals surface area contributed by atoms with E-state index in [0.717, 1.165) is 21.7 Å². The molecule has 2 aromatic rings. The van der Waals surface area contributed by atoms with Crippen molar-refractivity contribution in [1.29, 1.82) is 0 Å². The van der Waals surface area contributed by atoms with Crippen LogP contribution in [0.3, 0.4) is 0 Å². The minimum atomic E-state index is -3.41. The second-order valence-electron chi connectivity index (χ2n) is 4.44. The first kappa shape index (κ1) is 15.7. The molecule has 0 saturated carbocycles. The lowest BCUT2D eigenvalue weighted by Crippen LogP contribution is -2.26. The van der Waals surface area contributed by atoms with Gasteiger partial charge in [-0.3, -0.25) is 0 Å². The molecule has 2 heterocycles. The quantitative estimate of drug-likeness (QED) is 0.819. The summed E-state index contributed by atoms with van der Waals surface area (Å²) >= 11 is 3.14. The van der Waals surface area contributed by atoms with Crippen LogP contribution in [0.4, 0.5) is 0 Å². The van der Waals surface area contributed by atoms with Crippen molar-refractivity contribution < 1.29 is 8.42 Å². The molecule has 0 spiro atoms. The van der Waals surface area contributed by atoms with Gasteiger partial charge in [0, 0.05) is 22.8 Å². The number of hydrogen-bond donors (Lipinski definition) is 2. The molecule has 0 bridgehead atoms. The molecule has 0 amide bonds. The van der Waals surface area contributed by atoms with Gasteiger partial charge in [-0.25, -0.2) is 13.1 Å². The van der Waals surface area contributed by atoms with Crippen LogP contribution < -0.4 is 10.0 Å². The summed E-state index contributed by atoms with van der Waals surface area (Å²) in [6, 6.07) is 3.77. The molecule has 2 aromatic heterocycles. The van der Waals surface area contributed by atoms with Gasteiger partial charge in [0.2, 0.25) is 10.0 Å². The first-order valence-electron chi connectivity index (χ1n) is 6.27. The van der Waals surface area contributed by atoms with E-state index in [1.54, 1.807) is 17.4 Å². The van der Waals surface area contributed by atoms with Crippen molar-refractivity contribution >= 4 is 32.7 Å². The van der Waals surface area contributed by atoms with Crippen molar-refractivity contribution in [2.75, 3.05) is 13.6 Å². The molecular weight excluding hydrogens is 312 g/mol. The lowest BCUT2D eigenvalue weighted by molar-refractivity contribution is 0.581. The van der Waals surface area contributed by atoms with Crippen LogP contribution in [0.2, 0.25) is 0 Å². The zero-order valence-electron chi connectivity index (χ0n) is 11.5. The van der Waals surface area contributed by atoms with Gasteiger partial charge in [0.1, 0.15) is 0 Å². The lowest BCUT2D eigenvalue weighted by atomic mass is 10.2. The van der Waals surface area contributed by atoms with Crippen molar-refractivity contribution in [3.8, 4) is 0 Å². The molecule has 110 valence electrons. The molecule has 0 radical (unpaired) electrons. The standard InChI is InChI=1S/C13H18N2O2S3/c1-10-13(7-12(19-10)8-14-2)20(16,17)15-5-3-11-4-6-18-9-11/h4,6-7,9,14-15H,3,5,8H2,1-2H3. The van der Waals surface area contributed by atoms with Gasteiger partial charge >= 0.3 is 0 Å². The maximum Gasteiger partial charge on any atom is 0.241 e. The molecule has 20 heavy (non-hydrogen) atoms. The highest BCUT2D eigenvalue weighted by atomic mass is 32.2. The second-order valence-corrected chi connectivity index (χ2v) is 8.30. The van der Waals surface area contributed by atoms with E-state index < -0.39 is 10.0 Å². The monoisotopic (exact) mass is 330 g/mol. The van der Waals surface area contributed by atoms with E-state index in [1.165, 1.54) is 11.3 Å². The number of hydrogen-bond acceptors (Lipinski definition) is 5. The van der Waals surface area contributed by atoms with Crippen LogP contribution in [0.5, 0.6) is 0 Å². The van der Waals surface area contributed by atoms with Gasteiger partial charge in [-0.15, -0.1) is 11.3 Å². The van der Waals surface area contributed by atoms with Gasteiger partial charge in [0.25, 0.3) is 0 Å². The minimum absolute atomic E-state index is 0.401. The number of thiophene rings is 2. The van der Waals surface area contributed by atoms with E-state index in [1.807, 2.05) is 30.8 Å². The summed E-state index contributed by atoms with van der Waals surface area (Å²) in [5.41, 5.74) is 1.16. The molecule has 7 heteroatoms. The van der Waals surface area contributed by atoms with Gasteiger partial charge in [-0.05, 0) is 48.8 Å². The Bertz CT molecular complexity index is 645. The molecule has 2 rings (SSSR count). The van der Waals surface area contributed by atoms with Gasteiger partial charge in [-0.1, -0.05) is 0 Å². The van der Waals surface area contributed by atoms with Crippen molar-refractivity contribution in [3.63, 3.8) is 0 Å². The third-order valence-corrected chi connectivity index (χ3v) is 6.35. The normalized spacial score (nSPS) is 11.9. The van der Waals surface area contributed by atoms with Crippen LogP contribution in [0.15, 0.2) is 27.8 Å². The average Bonchev–Trinajstić information content (AvgIpc) is 2.99. The zero-order chi connectivity index (χ0) is 14.6. The molecule has 0 aliphatic heterocycles. The van der Waals surface area contributed by atoms with Crippen LogP contribution in [0.1, 0.15) is 15.3 Å². The first-order valence-corrected chi connectivity index (χ1v) is 9.52. The molecule has 0 fully saturated rings. The fourth-order valence-electron chi connectivity index (χ4n) is 1.89. The third kappa shape index (κ3) is 3.89. The summed E-state index contributed by atoms with van der Waals surface area (Å²) < 4.78 is 27.2. The zero-order valence-corrected chi connectivity index (χ0v) is 13.9. The highest BCUT2D eigenvalue weighted by molar-refractivity contribution is 7.89. The minimum Gasteiger partial charge on any atom is -0.315 e. The first-order chi connectivity index (χ1) is 9.53. The second kappa shape index (κ2) is 6.82. The average molecular weight is 330 g/mol. The Morgan fingerprint density at radius 2 is 2.15 bits per heavy atom. The van der Waals surface area contributed by atoms with Gasteiger partial charge < -0.3 is 5.32 Å². The smallest absolute Gasteiger partial charge is 0.241 e. The van der Waals surface area contributed by atoms with Crippen LogP contribution in [-0.2, 0) is 23.0 Å². The van der Waals surface area contributed by atoms with Crippen LogP contribution in [0, 0.1) is 6.92 Å². The molecule has 0 aliphatic rings. The molecule has 0 aliphatic carbocycles. The molecule has 0 atom stereocenters. The summed E-state index contributed by atoms with van der Waals surface area (Å²) in [5.74, 6) is 0. The highest BCUT2D eigenvalue weighted by Gasteiger charge is 2.19. The fraction of sp³-hybridized carbons (Fsp3) is 0.385. The molecule has 4 nitrogen and oxygen atoms in total. The summed E-state index contributed by atoms with van der Waals surface area (Å²) in [4.78, 5) is 2.26. The summed E-state index contributed by atoms with van der Waals surface area (Å²) in [6.07, 6.45) is 0.718. The predicted octanol–water partition coefficient (Wildman–Crippen LogP) is 2.36. The molecular formula is C13H18N2O2S3. The molecule has 2 N–H and O–H groups in total. The Balaban J connectivity index is 2.02. The number of nitrogens with one attached hydrogen (secondary N) is 2. The Morgan fingerprint density at radius 3 is 2.80 bits per heavy atom. The summed E-state index contributed by atoms with van der Waals surface area (Å²) in [5, 5.41) is 7.07. The Labute approximate surface area is 127 Å². The van der Waals surface area contributed by atoms with Gasteiger partial charge in [0.15, 0.2) is 0 Å². The van der Waals surface area contributed by atoms with Crippen molar-refractivity contribution in [1.82, 2.24) is 10.0 Å². The SMILES string of the molecule is CNCc1cc(S(=O)(=O)NCCc2ccsc2)c(C)s1. The summed E-state index contributed by atoms with van der Waals surface area (Å²) in [7, 11) is -1.56. The number of aryl methyl sites for hydroxylation is 1. The predicted molar refractivity (Wildman–Crippen MR) is 85.0 cm³/mol. The largest absolute Gasteiger partial charge is 0.315 e. The van der Waals surface area contributed by atoms with Crippen molar-refractivity contribution in [3.05, 3.63) is 38.2 Å². The van der Waals surface area contributed by atoms with Gasteiger partial charge in [-0.2, -0.15) is 11.3 Å². The van der Waals surface area contributed by atoms with Gasteiger partial charge in [0.05, 0.1) is 4.90 Å². The van der Waals surface area contributed by atoms with E-state index in [0.29, 0.717) is 18.0 Å². The Kier molecular flexibility index (Phi) is 5.34. The van der Waals surface area contributed by atoms with Crippen molar-refractivity contribution in [2.24, 2.45) is 0 Å². The van der Waals surface area contributed by atoms with E-state index in [4.69, 9.17) is 0 Å². The number of rotatable bonds is 7. The molecule has 0 saturated heterocycles. The fourth-order valence-corrected chi connectivity index (χ4v) is 5.27. The maximum atomic E-state index is 12.3. The van der Waals surface area contributed by atoms with E-state index in [-0.39, 0.29) is 0 Å². The van der Waals surface area contributed by atoms with E-state index >= 15 is 0 Å². The van der Waals surface area contributed by atoms with Crippen molar-refractivity contribution in [2.45, 2.75) is 24.8 Å². The van der Waals surface area contributed by atoms with E-state index in [2.05, 4.69) is 10.0 Å². The molecule has 0 unspecified atom stereocenters.